The summed E-state index contributed by atoms with van der Waals surface area (Å²) in [5.41, 5.74) is 10.2. The topological polar surface area (TPSA) is 56.7 Å². The minimum absolute atomic E-state index is 0.635. The maximum atomic E-state index is 6.28. The molecule has 0 aliphatic rings. The fraction of sp³-hybridized carbons (Fsp3) is 0. The number of nitrogens with zero attached hydrogens (tertiary/aromatic N) is 4. The predicted octanol–water partition coefficient (Wildman–Crippen LogP) is 12.7. The van der Waals surface area contributed by atoms with E-state index in [0.717, 1.165) is 77.2 Å². The molecule has 54 heavy (non-hydrogen) atoms. The van der Waals surface area contributed by atoms with E-state index in [1.807, 2.05) is 72.8 Å². The number of aromatic nitrogens is 4. The van der Waals surface area contributed by atoms with Crippen molar-refractivity contribution in [2.45, 2.75) is 0 Å². The second kappa shape index (κ2) is 12.1. The number of rotatable bonds is 5. The average molecular weight is 691 g/mol. The number of hydrogen-bond acceptors (Lipinski definition) is 4. The highest BCUT2D eigenvalue weighted by Crippen LogP contribution is 2.40. The van der Waals surface area contributed by atoms with Gasteiger partial charge in [-0.2, -0.15) is 0 Å². The van der Waals surface area contributed by atoms with E-state index in [9.17, 15) is 0 Å². The lowest BCUT2D eigenvalue weighted by molar-refractivity contribution is 0.669. The second-order valence-corrected chi connectivity index (χ2v) is 13.6. The summed E-state index contributed by atoms with van der Waals surface area (Å²) in [5.74, 6) is 1.92. The molecule has 252 valence electrons. The summed E-state index contributed by atoms with van der Waals surface area (Å²) in [4.78, 5) is 15.1. The zero-order valence-corrected chi connectivity index (χ0v) is 29.0. The zero-order chi connectivity index (χ0) is 35.6. The van der Waals surface area contributed by atoms with Crippen molar-refractivity contribution in [3.05, 3.63) is 182 Å². The maximum Gasteiger partial charge on any atom is 0.164 e. The molecule has 0 bridgehead atoms. The minimum Gasteiger partial charge on any atom is -0.456 e. The Morgan fingerprint density at radius 3 is 1.61 bits per heavy atom. The standard InChI is InChI=1S/C49H30N4O/c1-3-13-31(14-4-1)47-50-48(32-15-5-2-6-16-32)52-49(51-47)41-27-28-43(36-18-8-7-17-35(36)41)53-42-21-11-9-19-37(42)38-25-23-33(29-44(38)53)34-24-26-40-39-20-10-12-22-45(39)54-46(40)30-34/h1-30H. The van der Waals surface area contributed by atoms with Gasteiger partial charge >= 0.3 is 0 Å². The van der Waals surface area contributed by atoms with Gasteiger partial charge in [-0.3, -0.25) is 0 Å². The first-order chi connectivity index (χ1) is 26.8. The monoisotopic (exact) mass is 690 g/mol. The fourth-order valence-corrected chi connectivity index (χ4v) is 7.92. The molecule has 0 fully saturated rings. The van der Waals surface area contributed by atoms with Crippen molar-refractivity contribution >= 4 is 54.5 Å². The Kier molecular flexibility index (Phi) is 6.79. The predicted molar refractivity (Wildman–Crippen MR) is 221 cm³/mol. The van der Waals surface area contributed by atoms with Crippen molar-refractivity contribution in [2.75, 3.05) is 0 Å². The number of para-hydroxylation sites is 2. The first-order valence-corrected chi connectivity index (χ1v) is 18.1. The summed E-state index contributed by atoms with van der Waals surface area (Å²) >= 11 is 0. The van der Waals surface area contributed by atoms with Gasteiger partial charge in [0.2, 0.25) is 0 Å². The molecule has 0 aliphatic carbocycles. The van der Waals surface area contributed by atoms with Gasteiger partial charge in [0.25, 0.3) is 0 Å². The lowest BCUT2D eigenvalue weighted by atomic mass is 10.0. The highest BCUT2D eigenvalue weighted by molar-refractivity contribution is 6.12. The van der Waals surface area contributed by atoms with Gasteiger partial charge in [-0.15, -0.1) is 0 Å². The molecule has 8 aromatic carbocycles. The smallest absolute Gasteiger partial charge is 0.164 e. The van der Waals surface area contributed by atoms with Crippen molar-refractivity contribution < 1.29 is 4.42 Å². The van der Waals surface area contributed by atoms with Crippen LogP contribution < -0.4 is 0 Å². The summed E-state index contributed by atoms with van der Waals surface area (Å²) in [6, 6.07) is 63.4. The summed E-state index contributed by atoms with van der Waals surface area (Å²) in [6.07, 6.45) is 0. The number of hydrogen-bond donors (Lipinski definition) is 0. The van der Waals surface area contributed by atoms with Crippen molar-refractivity contribution in [2.24, 2.45) is 0 Å². The van der Waals surface area contributed by atoms with E-state index < -0.39 is 0 Å². The fourth-order valence-electron chi connectivity index (χ4n) is 7.92. The van der Waals surface area contributed by atoms with Gasteiger partial charge in [-0.25, -0.2) is 15.0 Å². The first-order valence-electron chi connectivity index (χ1n) is 18.1. The van der Waals surface area contributed by atoms with Crippen LogP contribution in [0.15, 0.2) is 186 Å². The number of benzene rings is 8. The molecule has 11 rings (SSSR count). The van der Waals surface area contributed by atoms with E-state index in [-0.39, 0.29) is 0 Å². The Morgan fingerprint density at radius 1 is 0.333 bits per heavy atom. The molecule has 3 heterocycles. The molecule has 0 atom stereocenters. The third-order valence-electron chi connectivity index (χ3n) is 10.5. The maximum absolute atomic E-state index is 6.28. The van der Waals surface area contributed by atoms with Gasteiger partial charge in [-0.05, 0) is 59.0 Å². The van der Waals surface area contributed by atoms with Crippen molar-refractivity contribution in [1.82, 2.24) is 19.5 Å². The van der Waals surface area contributed by atoms with E-state index >= 15 is 0 Å². The summed E-state index contributed by atoms with van der Waals surface area (Å²) < 4.78 is 8.69. The van der Waals surface area contributed by atoms with Crippen LogP contribution in [0.2, 0.25) is 0 Å². The van der Waals surface area contributed by atoms with Crippen LogP contribution >= 0.6 is 0 Å². The molecule has 3 aromatic heterocycles. The van der Waals surface area contributed by atoms with Crippen LogP contribution in [0.1, 0.15) is 0 Å². The van der Waals surface area contributed by atoms with Gasteiger partial charge in [0.05, 0.1) is 16.7 Å². The molecule has 0 aliphatic heterocycles. The van der Waals surface area contributed by atoms with Crippen LogP contribution in [0.4, 0.5) is 0 Å². The van der Waals surface area contributed by atoms with Gasteiger partial charge < -0.3 is 8.98 Å². The molecule has 5 nitrogen and oxygen atoms in total. The Morgan fingerprint density at radius 2 is 0.870 bits per heavy atom. The summed E-state index contributed by atoms with van der Waals surface area (Å²) in [5, 5.41) is 6.84. The lowest BCUT2D eigenvalue weighted by Gasteiger charge is -2.15. The highest BCUT2D eigenvalue weighted by Gasteiger charge is 2.19. The van der Waals surface area contributed by atoms with Crippen LogP contribution in [0, 0.1) is 0 Å². The van der Waals surface area contributed by atoms with E-state index in [2.05, 4.69) is 114 Å². The summed E-state index contributed by atoms with van der Waals surface area (Å²) in [6.45, 7) is 0. The van der Waals surface area contributed by atoms with Crippen LogP contribution in [0.25, 0.3) is 105 Å². The zero-order valence-electron chi connectivity index (χ0n) is 29.0. The van der Waals surface area contributed by atoms with E-state index in [1.54, 1.807) is 0 Å². The van der Waals surface area contributed by atoms with Crippen LogP contribution in [0.3, 0.4) is 0 Å². The quantitative estimate of drug-likeness (QED) is 0.180. The second-order valence-electron chi connectivity index (χ2n) is 13.6. The molecule has 5 heteroatoms. The van der Waals surface area contributed by atoms with Gasteiger partial charge in [0.15, 0.2) is 17.5 Å². The Balaban J connectivity index is 1.12. The van der Waals surface area contributed by atoms with Crippen LogP contribution in [0.5, 0.6) is 0 Å². The van der Waals surface area contributed by atoms with Gasteiger partial charge in [0, 0.05) is 43.6 Å². The van der Waals surface area contributed by atoms with Gasteiger partial charge in [-0.1, -0.05) is 140 Å². The highest BCUT2D eigenvalue weighted by atomic mass is 16.3. The van der Waals surface area contributed by atoms with Crippen LogP contribution in [-0.2, 0) is 0 Å². The van der Waals surface area contributed by atoms with E-state index in [0.29, 0.717) is 17.5 Å². The molecule has 0 N–H and O–H groups in total. The minimum atomic E-state index is 0.635. The van der Waals surface area contributed by atoms with Crippen molar-refractivity contribution in [3.8, 4) is 51.0 Å². The number of fused-ring (bicyclic) bond motifs is 7. The molecular weight excluding hydrogens is 661 g/mol. The Hall–Kier alpha value is -7.37. The number of furan rings is 1. The van der Waals surface area contributed by atoms with Crippen LogP contribution in [-0.4, -0.2) is 19.5 Å². The Labute approximate surface area is 310 Å². The molecule has 0 spiro atoms. The van der Waals surface area contributed by atoms with E-state index in [4.69, 9.17) is 19.4 Å². The normalized spacial score (nSPS) is 11.7. The first kappa shape index (κ1) is 30.3. The lowest BCUT2D eigenvalue weighted by Crippen LogP contribution is -2.01. The van der Waals surface area contributed by atoms with Crippen molar-refractivity contribution in [3.63, 3.8) is 0 Å². The molecule has 0 amide bonds. The molecular formula is C49H30N4O. The summed E-state index contributed by atoms with van der Waals surface area (Å²) in [7, 11) is 0. The van der Waals surface area contributed by atoms with Gasteiger partial charge in [0.1, 0.15) is 11.2 Å². The van der Waals surface area contributed by atoms with Crippen molar-refractivity contribution in [1.29, 1.82) is 0 Å². The average Bonchev–Trinajstić information content (AvgIpc) is 3.78. The SMILES string of the molecule is c1ccc(-c2nc(-c3ccccc3)nc(-c3ccc(-n4c5ccccc5c5ccc(-c6ccc7c(c6)oc6ccccc67)cc54)c4ccccc34)n2)cc1. The largest absolute Gasteiger partial charge is 0.456 e. The third-order valence-corrected chi connectivity index (χ3v) is 10.5. The molecule has 0 unspecified atom stereocenters. The molecule has 0 saturated carbocycles. The Bertz CT molecular complexity index is 3160. The third kappa shape index (κ3) is 4.83. The molecule has 0 saturated heterocycles. The molecule has 11 aromatic rings. The van der Waals surface area contributed by atoms with E-state index in [1.165, 1.54) is 10.8 Å². The molecule has 0 radical (unpaired) electrons.